The van der Waals surface area contributed by atoms with E-state index in [4.69, 9.17) is 23.2 Å². The van der Waals surface area contributed by atoms with Crippen LogP contribution >= 0.6 is 34.5 Å². The Morgan fingerprint density at radius 2 is 1.58 bits per heavy atom. The number of anilines is 2. The molecule has 7 heteroatoms. The Labute approximate surface area is 164 Å². The molecule has 1 aromatic heterocycles. The second-order valence-corrected chi connectivity index (χ2v) is 7.31. The monoisotopic (exact) mass is 404 g/mol. The van der Waals surface area contributed by atoms with Crippen molar-refractivity contribution in [3.8, 4) is 0 Å². The second kappa shape index (κ2) is 7.91. The molecule has 0 saturated carbocycles. The van der Waals surface area contributed by atoms with Crippen molar-refractivity contribution in [2.45, 2.75) is 6.92 Å². The Bertz CT molecular complexity index is 972. The van der Waals surface area contributed by atoms with E-state index in [1.54, 1.807) is 42.5 Å². The minimum absolute atomic E-state index is 0.237. The number of carbonyl (C=O) groups excluding carboxylic acids is 2. The van der Waals surface area contributed by atoms with Crippen LogP contribution < -0.4 is 10.6 Å². The van der Waals surface area contributed by atoms with Crippen LogP contribution in [0.15, 0.2) is 53.9 Å². The van der Waals surface area contributed by atoms with E-state index in [-0.39, 0.29) is 22.4 Å². The van der Waals surface area contributed by atoms with Crippen LogP contribution in [0, 0.1) is 6.92 Å². The third-order valence-electron chi connectivity index (χ3n) is 3.64. The molecule has 0 aliphatic rings. The molecule has 0 saturated heterocycles. The molecule has 0 radical (unpaired) electrons. The topological polar surface area (TPSA) is 58.2 Å². The maximum absolute atomic E-state index is 12.5. The van der Waals surface area contributed by atoms with Gasteiger partial charge in [-0.15, -0.1) is 11.3 Å². The standard InChI is InChI=1S/C19H14Cl2N2O2S/c1-11-4-5-13(10-16(11)21)22-18(24)14-9-12(6-7-15(14)20)23-19(25)17-3-2-8-26-17/h2-10H,1H3,(H,22,24)(H,23,25). The maximum atomic E-state index is 12.5. The SMILES string of the molecule is Cc1ccc(NC(=O)c2cc(NC(=O)c3cccs3)ccc2Cl)cc1Cl. The van der Waals surface area contributed by atoms with Gasteiger partial charge in [0.2, 0.25) is 0 Å². The van der Waals surface area contributed by atoms with Gasteiger partial charge >= 0.3 is 0 Å². The molecule has 0 spiro atoms. The predicted molar refractivity (Wildman–Crippen MR) is 108 cm³/mol. The van der Waals surface area contributed by atoms with E-state index in [2.05, 4.69) is 10.6 Å². The quantitative estimate of drug-likeness (QED) is 0.571. The van der Waals surface area contributed by atoms with Gasteiger partial charge < -0.3 is 10.6 Å². The van der Waals surface area contributed by atoms with Crippen molar-refractivity contribution in [3.05, 3.63) is 80.0 Å². The van der Waals surface area contributed by atoms with Gasteiger partial charge in [-0.25, -0.2) is 0 Å². The molecule has 0 fully saturated rings. The first-order valence-corrected chi connectivity index (χ1v) is 9.29. The van der Waals surface area contributed by atoms with E-state index >= 15 is 0 Å². The summed E-state index contributed by atoms with van der Waals surface area (Å²) in [7, 11) is 0. The lowest BCUT2D eigenvalue weighted by Gasteiger charge is -2.10. The Hall–Kier alpha value is -2.34. The van der Waals surface area contributed by atoms with Gasteiger partial charge in [0.25, 0.3) is 11.8 Å². The molecular weight excluding hydrogens is 391 g/mol. The second-order valence-electron chi connectivity index (χ2n) is 5.54. The highest BCUT2D eigenvalue weighted by molar-refractivity contribution is 7.12. The number of nitrogens with one attached hydrogen (secondary N) is 2. The van der Waals surface area contributed by atoms with Crippen LogP contribution in [0.3, 0.4) is 0 Å². The largest absolute Gasteiger partial charge is 0.322 e. The summed E-state index contributed by atoms with van der Waals surface area (Å²) >= 11 is 13.6. The van der Waals surface area contributed by atoms with Crippen LogP contribution in [0.4, 0.5) is 11.4 Å². The van der Waals surface area contributed by atoms with Crippen LogP contribution in [-0.4, -0.2) is 11.8 Å². The van der Waals surface area contributed by atoms with E-state index in [1.807, 2.05) is 18.4 Å². The van der Waals surface area contributed by atoms with Crippen LogP contribution in [-0.2, 0) is 0 Å². The molecule has 2 amide bonds. The fraction of sp³-hybridized carbons (Fsp3) is 0.0526. The molecule has 0 bridgehead atoms. The predicted octanol–water partition coefficient (Wildman–Crippen LogP) is 5.87. The van der Waals surface area contributed by atoms with Crippen molar-refractivity contribution in [1.29, 1.82) is 0 Å². The third kappa shape index (κ3) is 4.25. The van der Waals surface area contributed by atoms with E-state index in [9.17, 15) is 9.59 Å². The highest BCUT2D eigenvalue weighted by atomic mass is 35.5. The Morgan fingerprint density at radius 1 is 0.885 bits per heavy atom. The zero-order chi connectivity index (χ0) is 18.7. The van der Waals surface area contributed by atoms with Gasteiger partial charge in [-0.2, -0.15) is 0 Å². The molecule has 3 rings (SSSR count). The van der Waals surface area contributed by atoms with Crippen molar-refractivity contribution >= 4 is 57.7 Å². The number of benzene rings is 2. The van der Waals surface area contributed by atoms with Gasteiger partial charge in [-0.05, 0) is 54.3 Å². The average molecular weight is 405 g/mol. The molecule has 0 unspecified atom stereocenters. The zero-order valence-electron chi connectivity index (χ0n) is 13.7. The highest BCUT2D eigenvalue weighted by Gasteiger charge is 2.14. The summed E-state index contributed by atoms with van der Waals surface area (Å²) in [5.74, 6) is -0.624. The summed E-state index contributed by atoms with van der Waals surface area (Å²) in [6, 6.07) is 13.5. The van der Waals surface area contributed by atoms with Crippen molar-refractivity contribution in [2.24, 2.45) is 0 Å². The molecule has 26 heavy (non-hydrogen) atoms. The number of aryl methyl sites for hydroxylation is 1. The van der Waals surface area contributed by atoms with Gasteiger partial charge in [0, 0.05) is 16.4 Å². The van der Waals surface area contributed by atoms with E-state index in [0.29, 0.717) is 21.3 Å². The number of thiophene rings is 1. The number of hydrogen-bond donors (Lipinski definition) is 2. The van der Waals surface area contributed by atoms with Crippen LogP contribution in [0.2, 0.25) is 10.0 Å². The summed E-state index contributed by atoms with van der Waals surface area (Å²) in [5.41, 5.74) is 2.22. The zero-order valence-corrected chi connectivity index (χ0v) is 16.0. The summed E-state index contributed by atoms with van der Waals surface area (Å²) in [5, 5.41) is 8.19. The first-order valence-electron chi connectivity index (χ1n) is 7.66. The first kappa shape index (κ1) is 18.5. The lowest BCUT2D eigenvalue weighted by molar-refractivity contribution is 0.101. The summed E-state index contributed by atoms with van der Waals surface area (Å²) < 4.78 is 0. The molecule has 132 valence electrons. The van der Waals surface area contributed by atoms with E-state index in [0.717, 1.165) is 5.56 Å². The smallest absolute Gasteiger partial charge is 0.265 e. The normalized spacial score (nSPS) is 10.4. The fourth-order valence-corrected chi connectivity index (χ4v) is 3.25. The molecule has 3 aromatic rings. The molecule has 0 atom stereocenters. The number of amides is 2. The molecular formula is C19H14Cl2N2O2S. The summed E-state index contributed by atoms with van der Waals surface area (Å²) in [6.07, 6.45) is 0. The lowest BCUT2D eigenvalue weighted by Crippen LogP contribution is -2.14. The fourth-order valence-electron chi connectivity index (χ4n) is 2.25. The van der Waals surface area contributed by atoms with Crippen molar-refractivity contribution < 1.29 is 9.59 Å². The highest BCUT2D eigenvalue weighted by Crippen LogP contribution is 2.24. The average Bonchev–Trinajstić information content (AvgIpc) is 3.14. The van der Waals surface area contributed by atoms with Gasteiger partial charge in [0.15, 0.2) is 0 Å². The molecule has 2 N–H and O–H groups in total. The van der Waals surface area contributed by atoms with Crippen LogP contribution in [0.1, 0.15) is 25.6 Å². The van der Waals surface area contributed by atoms with Gasteiger partial charge in [-0.3, -0.25) is 9.59 Å². The van der Waals surface area contributed by atoms with Gasteiger partial charge in [0.1, 0.15) is 0 Å². The van der Waals surface area contributed by atoms with Gasteiger partial charge in [0.05, 0.1) is 15.5 Å². The molecule has 1 heterocycles. The number of rotatable bonds is 4. The Kier molecular flexibility index (Phi) is 5.61. The molecule has 2 aromatic carbocycles. The molecule has 0 aliphatic carbocycles. The first-order chi connectivity index (χ1) is 12.4. The number of hydrogen-bond acceptors (Lipinski definition) is 3. The number of halogens is 2. The lowest BCUT2D eigenvalue weighted by atomic mass is 10.1. The van der Waals surface area contributed by atoms with Crippen LogP contribution in [0.25, 0.3) is 0 Å². The van der Waals surface area contributed by atoms with Crippen LogP contribution in [0.5, 0.6) is 0 Å². The van der Waals surface area contributed by atoms with Crippen molar-refractivity contribution in [1.82, 2.24) is 0 Å². The third-order valence-corrected chi connectivity index (χ3v) is 5.25. The maximum Gasteiger partial charge on any atom is 0.265 e. The van der Waals surface area contributed by atoms with Gasteiger partial charge in [-0.1, -0.05) is 35.3 Å². The van der Waals surface area contributed by atoms with Crippen molar-refractivity contribution in [2.75, 3.05) is 10.6 Å². The Morgan fingerprint density at radius 3 is 2.27 bits per heavy atom. The Balaban J connectivity index is 1.79. The summed E-state index contributed by atoms with van der Waals surface area (Å²) in [6.45, 7) is 1.88. The van der Waals surface area contributed by atoms with Crippen molar-refractivity contribution in [3.63, 3.8) is 0 Å². The van der Waals surface area contributed by atoms with E-state index in [1.165, 1.54) is 11.3 Å². The molecule has 0 aliphatic heterocycles. The molecule has 4 nitrogen and oxygen atoms in total. The summed E-state index contributed by atoms with van der Waals surface area (Å²) in [4.78, 5) is 25.3. The minimum Gasteiger partial charge on any atom is -0.322 e. The number of carbonyl (C=O) groups is 2. The minimum atomic E-state index is -0.387. The van der Waals surface area contributed by atoms with E-state index < -0.39 is 0 Å².